The van der Waals surface area contributed by atoms with Crippen LogP contribution in [-0.4, -0.2) is 16.9 Å². The van der Waals surface area contributed by atoms with Crippen molar-refractivity contribution in [1.82, 2.24) is 9.78 Å². The fourth-order valence-corrected chi connectivity index (χ4v) is 1.94. The van der Waals surface area contributed by atoms with E-state index in [4.69, 9.17) is 44.6 Å². The van der Waals surface area contributed by atoms with Crippen molar-refractivity contribution >= 4 is 35.4 Å². The van der Waals surface area contributed by atoms with E-state index >= 15 is 0 Å². The number of benzene rings is 1. The summed E-state index contributed by atoms with van der Waals surface area (Å²) in [4.78, 5) is 0.230. The predicted octanol–water partition coefficient (Wildman–Crippen LogP) is 3.78. The van der Waals surface area contributed by atoms with Crippen molar-refractivity contribution in [3.63, 3.8) is 0 Å². The molecule has 4 nitrogen and oxygen atoms in total. The second kappa shape index (κ2) is 5.18. The lowest BCUT2D eigenvalue weighted by molar-refractivity contribution is 0.117. The predicted molar refractivity (Wildman–Crippen MR) is 67.8 cm³/mol. The molecular formula is C10H8Cl2N2O2S. The van der Waals surface area contributed by atoms with Gasteiger partial charge in [-0.3, -0.25) is 0 Å². The summed E-state index contributed by atoms with van der Waals surface area (Å²) in [6, 6.07) is 5.05. The van der Waals surface area contributed by atoms with Crippen molar-refractivity contribution < 1.29 is 9.15 Å². The van der Waals surface area contributed by atoms with Crippen molar-refractivity contribution in [1.29, 1.82) is 0 Å². The van der Waals surface area contributed by atoms with Crippen molar-refractivity contribution in [2.75, 3.05) is 7.11 Å². The quantitative estimate of drug-likeness (QED) is 0.807. The second-order valence-electron chi connectivity index (χ2n) is 3.21. The summed E-state index contributed by atoms with van der Waals surface area (Å²) in [6.07, 6.45) is 0. The normalized spacial score (nSPS) is 10.8. The molecule has 1 aromatic heterocycles. The molecule has 90 valence electrons. The molecule has 0 spiro atoms. The first-order chi connectivity index (χ1) is 8.11. The molecular weight excluding hydrogens is 283 g/mol. The topological polar surface area (TPSA) is 40.2 Å². The number of hydrogen-bond acceptors (Lipinski definition) is 4. The zero-order chi connectivity index (χ0) is 12.4. The van der Waals surface area contributed by atoms with Gasteiger partial charge in [0.15, 0.2) is 0 Å². The first-order valence-electron chi connectivity index (χ1n) is 4.64. The summed E-state index contributed by atoms with van der Waals surface area (Å²) in [6.45, 7) is 0.230. The lowest BCUT2D eigenvalue weighted by atomic mass is 10.2. The van der Waals surface area contributed by atoms with Gasteiger partial charge in [0.2, 0.25) is 5.89 Å². The van der Waals surface area contributed by atoms with Gasteiger partial charge in [0.05, 0.1) is 10.6 Å². The molecule has 0 aliphatic rings. The highest BCUT2D eigenvalue weighted by molar-refractivity contribution is 7.71. The van der Waals surface area contributed by atoms with E-state index in [2.05, 4.69) is 5.10 Å². The van der Waals surface area contributed by atoms with Gasteiger partial charge in [-0.25, -0.2) is 0 Å². The summed E-state index contributed by atoms with van der Waals surface area (Å²) in [5.41, 5.74) is 0.636. The van der Waals surface area contributed by atoms with Crippen LogP contribution < -0.4 is 0 Å². The summed E-state index contributed by atoms with van der Waals surface area (Å²) < 4.78 is 11.7. The Morgan fingerprint density at radius 1 is 1.47 bits per heavy atom. The van der Waals surface area contributed by atoms with Crippen LogP contribution in [0.2, 0.25) is 10.0 Å². The fourth-order valence-electron chi connectivity index (χ4n) is 1.28. The van der Waals surface area contributed by atoms with E-state index in [1.807, 2.05) is 0 Å². The monoisotopic (exact) mass is 290 g/mol. The Morgan fingerprint density at radius 3 is 2.88 bits per heavy atom. The highest BCUT2D eigenvalue weighted by atomic mass is 35.5. The maximum absolute atomic E-state index is 6.04. The number of nitrogens with zero attached hydrogens (tertiary/aromatic N) is 2. The van der Waals surface area contributed by atoms with Crippen LogP contribution in [0.25, 0.3) is 11.5 Å². The number of methoxy groups -OCH3 is 1. The Balaban J connectivity index is 2.46. The minimum atomic E-state index is 0.230. The summed E-state index contributed by atoms with van der Waals surface area (Å²) in [5.74, 6) is 0.341. The molecule has 17 heavy (non-hydrogen) atoms. The van der Waals surface area contributed by atoms with E-state index < -0.39 is 0 Å². The first-order valence-corrected chi connectivity index (χ1v) is 5.80. The molecule has 0 N–H and O–H groups in total. The fraction of sp³-hybridized carbons (Fsp3) is 0.200. The zero-order valence-corrected chi connectivity index (χ0v) is 11.1. The van der Waals surface area contributed by atoms with Crippen LogP contribution >= 0.6 is 35.4 Å². The average Bonchev–Trinajstić information content (AvgIpc) is 2.60. The van der Waals surface area contributed by atoms with Crippen molar-refractivity contribution in [2.45, 2.75) is 6.73 Å². The van der Waals surface area contributed by atoms with Crippen LogP contribution in [0, 0.1) is 4.84 Å². The smallest absolute Gasteiger partial charge is 0.289 e. The molecule has 0 fully saturated rings. The van der Waals surface area contributed by atoms with Crippen molar-refractivity contribution in [2.24, 2.45) is 0 Å². The van der Waals surface area contributed by atoms with E-state index in [0.717, 1.165) is 0 Å². The minimum Gasteiger partial charge on any atom is -0.409 e. The highest BCUT2D eigenvalue weighted by Crippen LogP contribution is 2.29. The van der Waals surface area contributed by atoms with Crippen LogP contribution in [0.15, 0.2) is 22.6 Å². The molecule has 7 heteroatoms. The van der Waals surface area contributed by atoms with Gasteiger partial charge in [-0.15, -0.1) is 5.10 Å². The zero-order valence-electron chi connectivity index (χ0n) is 8.81. The van der Waals surface area contributed by atoms with Gasteiger partial charge in [-0.1, -0.05) is 23.2 Å². The molecule has 1 heterocycles. The third-order valence-corrected chi connectivity index (χ3v) is 2.86. The van der Waals surface area contributed by atoms with E-state index in [1.165, 1.54) is 4.68 Å². The van der Waals surface area contributed by atoms with Gasteiger partial charge in [0.1, 0.15) is 6.73 Å². The van der Waals surface area contributed by atoms with Gasteiger partial charge in [0, 0.05) is 12.1 Å². The van der Waals surface area contributed by atoms with Gasteiger partial charge < -0.3 is 9.15 Å². The molecule has 0 unspecified atom stereocenters. The third-order valence-electron chi connectivity index (χ3n) is 2.02. The molecule has 0 saturated heterocycles. The maximum Gasteiger partial charge on any atom is 0.289 e. The summed E-state index contributed by atoms with van der Waals surface area (Å²) >= 11 is 16.8. The third kappa shape index (κ3) is 2.69. The van der Waals surface area contributed by atoms with Gasteiger partial charge in [-0.05, 0) is 30.4 Å². The van der Waals surface area contributed by atoms with E-state index in [-0.39, 0.29) is 11.6 Å². The van der Waals surface area contributed by atoms with Crippen LogP contribution in [0.5, 0.6) is 0 Å². The molecule has 1 aromatic carbocycles. The number of ether oxygens (including phenoxy) is 1. The molecule has 0 amide bonds. The van der Waals surface area contributed by atoms with Gasteiger partial charge in [0.25, 0.3) is 4.84 Å². The highest BCUT2D eigenvalue weighted by Gasteiger charge is 2.11. The lowest BCUT2D eigenvalue weighted by Gasteiger charge is -1.99. The standard InChI is InChI=1S/C10H8Cl2N2O2S/c1-15-5-14-10(17)16-9(13-14)7-3-2-6(11)4-8(7)12/h2-4H,5H2,1H3. The Bertz CT molecular complexity index is 594. The molecule has 0 aliphatic heterocycles. The summed E-state index contributed by atoms with van der Waals surface area (Å²) in [5, 5.41) is 5.16. The Hall–Kier alpha value is -0.880. The molecule has 0 atom stereocenters. The van der Waals surface area contributed by atoms with E-state index in [1.54, 1.807) is 25.3 Å². The lowest BCUT2D eigenvalue weighted by Crippen LogP contribution is -2.01. The Labute approximate surface area is 113 Å². The molecule has 0 bridgehead atoms. The van der Waals surface area contributed by atoms with Crippen LogP contribution in [0.1, 0.15) is 0 Å². The largest absolute Gasteiger partial charge is 0.409 e. The average molecular weight is 291 g/mol. The molecule has 2 rings (SSSR count). The number of hydrogen-bond donors (Lipinski definition) is 0. The molecule has 0 saturated carbocycles. The number of rotatable bonds is 3. The maximum atomic E-state index is 6.04. The molecule has 0 aliphatic carbocycles. The van der Waals surface area contributed by atoms with Crippen LogP contribution in [0.4, 0.5) is 0 Å². The molecule has 2 aromatic rings. The van der Waals surface area contributed by atoms with E-state index in [0.29, 0.717) is 21.5 Å². The van der Waals surface area contributed by atoms with Crippen molar-refractivity contribution in [3.8, 4) is 11.5 Å². The van der Waals surface area contributed by atoms with Crippen molar-refractivity contribution in [3.05, 3.63) is 33.1 Å². The molecule has 0 radical (unpaired) electrons. The SMILES string of the molecule is COCn1nc(-c2ccc(Cl)cc2Cl)oc1=S. The minimum absolute atomic E-state index is 0.230. The van der Waals surface area contributed by atoms with Crippen LogP contribution in [0.3, 0.4) is 0 Å². The second-order valence-corrected chi connectivity index (χ2v) is 4.41. The Kier molecular flexibility index (Phi) is 3.83. The number of halogens is 2. The summed E-state index contributed by atoms with van der Waals surface area (Å²) in [7, 11) is 1.55. The number of aromatic nitrogens is 2. The van der Waals surface area contributed by atoms with Gasteiger partial charge >= 0.3 is 0 Å². The van der Waals surface area contributed by atoms with E-state index in [9.17, 15) is 0 Å². The first kappa shape index (κ1) is 12.6. The van der Waals surface area contributed by atoms with Gasteiger partial charge in [-0.2, -0.15) is 4.68 Å². The van der Waals surface area contributed by atoms with Crippen LogP contribution in [-0.2, 0) is 11.5 Å². The Morgan fingerprint density at radius 2 is 2.24 bits per heavy atom.